The van der Waals surface area contributed by atoms with E-state index in [1.165, 1.54) is 0 Å². The molecule has 1 aliphatic heterocycles. The third-order valence-corrected chi connectivity index (χ3v) is 5.09. The first-order valence-corrected chi connectivity index (χ1v) is 9.83. The summed E-state index contributed by atoms with van der Waals surface area (Å²) in [6.07, 6.45) is 2.65. The van der Waals surface area contributed by atoms with Crippen LogP contribution in [0, 0.1) is 5.92 Å². The van der Waals surface area contributed by atoms with E-state index in [4.69, 9.17) is 4.74 Å². The summed E-state index contributed by atoms with van der Waals surface area (Å²) in [5, 5.41) is 3.00. The van der Waals surface area contributed by atoms with Crippen molar-refractivity contribution in [1.29, 1.82) is 0 Å². The molecule has 1 N–H and O–H groups in total. The molecular weight excluding hydrogens is 354 g/mol. The highest BCUT2D eigenvalue weighted by Gasteiger charge is 2.39. The standard InChI is InChI=1S/C22H27N3O3/c1-3-25-20(26)13-12-19(22(27)24-15-17-7-5-6-14-23-17)21(25)16-8-10-18(11-9-16)28-4-2/h5-11,14,19,21H,3-4,12-13,15H2,1-2H3,(H,24,27)/t19-,21+/m1/s1. The van der Waals surface area contributed by atoms with E-state index in [0.717, 1.165) is 17.0 Å². The van der Waals surface area contributed by atoms with Gasteiger partial charge in [0.2, 0.25) is 11.8 Å². The number of amides is 2. The first kappa shape index (κ1) is 19.9. The van der Waals surface area contributed by atoms with Gasteiger partial charge in [0.15, 0.2) is 0 Å². The van der Waals surface area contributed by atoms with Crippen molar-refractivity contribution >= 4 is 11.8 Å². The van der Waals surface area contributed by atoms with Crippen LogP contribution in [0.5, 0.6) is 5.75 Å². The lowest BCUT2D eigenvalue weighted by Gasteiger charge is -2.40. The highest BCUT2D eigenvalue weighted by atomic mass is 16.5. The van der Waals surface area contributed by atoms with E-state index in [-0.39, 0.29) is 23.8 Å². The first-order chi connectivity index (χ1) is 13.6. The molecule has 28 heavy (non-hydrogen) atoms. The van der Waals surface area contributed by atoms with Gasteiger partial charge < -0.3 is 15.0 Å². The second-order valence-electron chi connectivity index (χ2n) is 6.81. The van der Waals surface area contributed by atoms with Gasteiger partial charge in [-0.05, 0) is 50.1 Å². The third-order valence-electron chi connectivity index (χ3n) is 5.09. The number of hydrogen-bond donors (Lipinski definition) is 1. The Morgan fingerprint density at radius 2 is 2.00 bits per heavy atom. The van der Waals surface area contributed by atoms with Gasteiger partial charge in [0.1, 0.15) is 5.75 Å². The van der Waals surface area contributed by atoms with Crippen LogP contribution in [-0.2, 0) is 16.1 Å². The molecule has 6 heteroatoms. The maximum atomic E-state index is 13.0. The van der Waals surface area contributed by atoms with Gasteiger partial charge in [-0.15, -0.1) is 0 Å². The summed E-state index contributed by atoms with van der Waals surface area (Å²) in [6, 6.07) is 13.1. The monoisotopic (exact) mass is 381 g/mol. The minimum atomic E-state index is -0.292. The summed E-state index contributed by atoms with van der Waals surface area (Å²) in [5.41, 5.74) is 1.77. The van der Waals surface area contributed by atoms with E-state index in [1.807, 2.05) is 61.2 Å². The van der Waals surface area contributed by atoms with Crippen molar-refractivity contribution in [2.45, 2.75) is 39.3 Å². The van der Waals surface area contributed by atoms with E-state index in [1.54, 1.807) is 6.20 Å². The molecule has 1 aromatic carbocycles. The quantitative estimate of drug-likeness (QED) is 0.800. The molecule has 0 bridgehead atoms. The van der Waals surface area contributed by atoms with Gasteiger partial charge in [0, 0.05) is 19.2 Å². The van der Waals surface area contributed by atoms with Crippen molar-refractivity contribution in [3.8, 4) is 5.75 Å². The molecule has 0 spiro atoms. The number of pyridine rings is 1. The Morgan fingerprint density at radius 1 is 1.21 bits per heavy atom. The molecule has 0 unspecified atom stereocenters. The fraction of sp³-hybridized carbons (Fsp3) is 0.409. The van der Waals surface area contributed by atoms with Crippen molar-refractivity contribution in [2.75, 3.05) is 13.2 Å². The number of likely N-dealkylation sites (tertiary alicyclic amines) is 1. The van der Waals surface area contributed by atoms with Gasteiger partial charge in [0.05, 0.1) is 30.8 Å². The maximum absolute atomic E-state index is 13.0. The average Bonchev–Trinajstić information content (AvgIpc) is 2.73. The number of hydrogen-bond acceptors (Lipinski definition) is 4. The lowest BCUT2D eigenvalue weighted by molar-refractivity contribution is -0.143. The van der Waals surface area contributed by atoms with E-state index in [2.05, 4.69) is 10.3 Å². The molecule has 0 radical (unpaired) electrons. The fourth-order valence-electron chi connectivity index (χ4n) is 3.75. The van der Waals surface area contributed by atoms with Crippen LogP contribution in [0.1, 0.15) is 44.0 Å². The summed E-state index contributed by atoms with van der Waals surface area (Å²) in [4.78, 5) is 31.5. The zero-order chi connectivity index (χ0) is 19.9. The topological polar surface area (TPSA) is 71.5 Å². The number of nitrogens with zero attached hydrogens (tertiary/aromatic N) is 2. The summed E-state index contributed by atoms with van der Waals surface area (Å²) in [5.74, 6) is 0.539. The molecule has 148 valence electrons. The predicted molar refractivity (Wildman–Crippen MR) is 107 cm³/mol. The Morgan fingerprint density at radius 3 is 2.64 bits per heavy atom. The molecule has 1 fully saturated rings. The van der Waals surface area contributed by atoms with Crippen molar-refractivity contribution in [3.63, 3.8) is 0 Å². The predicted octanol–water partition coefficient (Wildman–Crippen LogP) is 3.10. The molecule has 2 amide bonds. The number of aromatic nitrogens is 1. The fourth-order valence-corrected chi connectivity index (χ4v) is 3.75. The Kier molecular flexibility index (Phi) is 6.63. The van der Waals surface area contributed by atoms with Crippen LogP contribution in [0.2, 0.25) is 0 Å². The van der Waals surface area contributed by atoms with Gasteiger partial charge in [-0.3, -0.25) is 14.6 Å². The van der Waals surface area contributed by atoms with Crippen molar-refractivity contribution < 1.29 is 14.3 Å². The van der Waals surface area contributed by atoms with E-state index in [9.17, 15) is 9.59 Å². The molecule has 3 rings (SSSR count). The number of benzene rings is 1. The molecular formula is C22H27N3O3. The van der Waals surface area contributed by atoms with Gasteiger partial charge >= 0.3 is 0 Å². The number of carbonyl (C=O) groups excluding carboxylic acids is 2. The number of ether oxygens (including phenoxy) is 1. The van der Waals surface area contributed by atoms with Gasteiger partial charge in [-0.25, -0.2) is 0 Å². The lowest BCUT2D eigenvalue weighted by Crippen LogP contribution is -2.47. The van der Waals surface area contributed by atoms with Crippen molar-refractivity contribution in [1.82, 2.24) is 15.2 Å². The number of nitrogens with one attached hydrogen (secondary N) is 1. The van der Waals surface area contributed by atoms with Crippen LogP contribution < -0.4 is 10.1 Å². The van der Waals surface area contributed by atoms with Gasteiger partial charge in [0.25, 0.3) is 0 Å². The van der Waals surface area contributed by atoms with Crippen LogP contribution in [0.3, 0.4) is 0 Å². The third kappa shape index (κ3) is 4.50. The van der Waals surface area contributed by atoms with Gasteiger partial charge in [-0.1, -0.05) is 18.2 Å². The van der Waals surface area contributed by atoms with E-state index < -0.39 is 0 Å². The maximum Gasteiger partial charge on any atom is 0.225 e. The Labute approximate surface area is 165 Å². The highest BCUT2D eigenvalue weighted by molar-refractivity contribution is 5.85. The van der Waals surface area contributed by atoms with Crippen LogP contribution >= 0.6 is 0 Å². The zero-order valence-electron chi connectivity index (χ0n) is 16.4. The molecule has 1 aromatic heterocycles. The van der Waals surface area contributed by atoms with Crippen molar-refractivity contribution in [3.05, 3.63) is 59.9 Å². The lowest BCUT2D eigenvalue weighted by atomic mass is 9.83. The Bertz CT molecular complexity index is 792. The minimum absolute atomic E-state index is 0.0458. The van der Waals surface area contributed by atoms with Crippen LogP contribution in [-0.4, -0.2) is 34.8 Å². The number of carbonyl (C=O) groups is 2. The molecule has 0 aliphatic carbocycles. The SMILES string of the molecule is CCOc1ccc([C@H]2[C@H](C(=O)NCc3ccccn3)CCC(=O)N2CC)cc1. The zero-order valence-corrected chi connectivity index (χ0v) is 16.4. The summed E-state index contributed by atoms with van der Waals surface area (Å²) >= 11 is 0. The Balaban J connectivity index is 1.80. The van der Waals surface area contributed by atoms with Crippen LogP contribution in [0.4, 0.5) is 0 Å². The minimum Gasteiger partial charge on any atom is -0.494 e. The Hall–Kier alpha value is -2.89. The normalized spacial score (nSPS) is 19.4. The second-order valence-corrected chi connectivity index (χ2v) is 6.81. The van der Waals surface area contributed by atoms with Gasteiger partial charge in [-0.2, -0.15) is 0 Å². The molecule has 2 atom stereocenters. The summed E-state index contributed by atoms with van der Waals surface area (Å²) < 4.78 is 5.52. The number of rotatable bonds is 7. The highest BCUT2D eigenvalue weighted by Crippen LogP contribution is 2.37. The van der Waals surface area contributed by atoms with Crippen LogP contribution in [0.15, 0.2) is 48.7 Å². The van der Waals surface area contributed by atoms with Crippen LogP contribution in [0.25, 0.3) is 0 Å². The first-order valence-electron chi connectivity index (χ1n) is 9.83. The molecule has 2 aromatic rings. The van der Waals surface area contributed by atoms with Crippen molar-refractivity contribution in [2.24, 2.45) is 5.92 Å². The molecule has 1 saturated heterocycles. The number of piperidine rings is 1. The largest absolute Gasteiger partial charge is 0.494 e. The molecule has 6 nitrogen and oxygen atoms in total. The summed E-state index contributed by atoms with van der Waals surface area (Å²) in [7, 11) is 0. The average molecular weight is 381 g/mol. The van der Waals surface area contributed by atoms with E-state index in [0.29, 0.717) is 32.5 Å². The summed E-state index contributed by atoms with van der Waals surface area (Å²) in [6.45, 7) is 5.44. The molecule has 2 heterocycles. The van der Waals surface area contributed by atoms with E-state index >= 15 is 0 Å². The second kappa shape index (κ2) is 9.35. The molecule has 1 aliphatic rings. The smallest absolute Gasteiger partial charge is 0.225 e. The molecule has 0 saturated carbocycles.